The second-order valence-electron chi connectivity index (χ2n) is 8.74. The van der Waals surface area contributed by atoms with Crippen LogP contribution >= 0.6 is 0 Å². The Bertz CT molecular complexity index is 1250. The van der Waals surface area contributed by atoms with Gasteiger partial charge in [-0.3, -0.25) is 4.68 Å². The predicted octanol–water partition coefficient (Wildman–Crippen LogP) is 2.51. The highest BCUT2D eigenvalue weighted by atomic mass is 16.7. The molecular weight excluding hydrogens is 484 g/mol. The molecule has 1 aromatic heterocycles. The van der Waals surface area contributed by atoms with Gasteiger partial charge in [0.25, 0.3) is 0 Å². The quantitative estimate of drug-likeness (QED) is 0.393. The van der Waals surface area contributed by atoms with E-state index in [0.717, 1.165) is 0 Å². The van der Waals surface area contributed by atoms with Crippen LogP contribution in [0.4, 0.5) is 4.79 Å². The highest BCUT2D eigenvalue weighted by Crippen LogP contribution is 2.31. The van der Waals surface area contributed by atoms with Crippen molar-refractivity contribution >= 4 is 6.16 Å². The second kappa shape index (κ2) is 12.6. The summed E-state index contributed by atoms with van der Waals surface area (Å²) in [7, 11) is 0. The molecule has 206 valence electrons. The van der Waals surface area contributed by atoms with Gasteiger partial charge in [-0.1, -0.05) is 12.1 Å². The lowest BCUT2D eigenvalue weighted by molar-refractivity contribution is -0.278. The molecule has 0 saturated carbocycles. The number of carbonyl (C=O) groups excluding carboxylic acids is 1. The zero-order valence-corrected chi connectivity index (χ0v) is 21.1. The van der Waals surface area contributed by atoms with Crippen LogP contribution < -0.4 is 9.47 Å². The maximum Gasteiger partial charge on any atom is 0.508 e. The molecule has 1 aliphatic rings. The molecule has 0 radical (unpaired) electrons. The number of hydrogen-bond donors (Lipinski definition) is 3. The van der Waals surface area contributed by atoms with Gasteiger partial charge in [-0.25, -0.2) is 4.79 Å². The van der Waals surface area contributed by atoms with Gasteiger partial charge in [0.1, 0.15) is 36.8 Å². The molecule has 1 aliphatic heterocycles. The van der Waals surface area contributed by atoms with Gasteiger partial charge < -0.3 is 39.0 Å². The van der Waals surface area contributed by atoms with Gasteiger partial charge in [0, 0.05) is 31.9 Å². The summed E-state index contributed by atoms with van der Waals surface area (Å²) in [4.78, 5) is 11.6. The molecule has 37 heavy (non-hydrogen) atoms. The first-order valence-corrected chi connectivity index (χ1v) is 11.8. The molecule has 11 heteroatoms. The number of ether oxygens (including phenoxy) is 5. The number of rotatable bonds is 10. The van der Waals surface area contributed by atoms with E-state index >= 15 is 0 Å². The molecule has 2 heterocycles. The Morgan fingerprint density at radius 3 is 2.49 bits per heavy atom. The van der Waals surface area contributed by atoms with Gasteiger partial charge in [-0.2, -0.15) is 0 Å². The summed E-state index contributed by atoms with van der Waals surface area (Å²) in [5.41, 5.74) is 0.773. The normalized spacial score (nSPS) is 27.6. The molecule has 3 rings (SSSR count). The Morgan fingerprint density at radius 1 is 1.16 bits per heavy atom. The third-order valence-corrected chi connectivity index (χ3v) is 5.62. The van der Waals surface area contributed by atoms with E-state index in [1.807, 2.05) is 13.8 Å². The molecule has 0 aliphatic carbocycles. The minimum Gasteiger partial charge on any atom is -0.491 e. The van der Waals surface area contributed by atoms with Gasteiger partial charge in [0.15, 0.2) is 0 Å². The number of benzene rings is 1. The van der Waals surface area contributed by atoms with Crippen LogP contribution in [0.25, 0.3) is 0 Å². The molecule has 3 N–H and O–H groups in total. The average Bonchev–Trinajstić information content (AvgIpc) is 3.22. The largest absolute Gasteiger partial charge is 0.508 e. The Hall–Kier alpha value is -2.86. The number of aliphatic hydroxyl groups excluding tert-OH is 3. The maximum atomic E-state index is 11.6. The van der Waals surface area contributed by atoms with Crippen LogP contribution in [0.5, 0.6) is 11.6 Å². The lowest BCUT2D eigenvalue weighted by Gasteiger charge is -2.39. The monoisotopic (exact) mass is 529 g/mol. The average molecular weight is 530 g/mol. The smallest absolute Gasteiger partial charge is 0.491 e. The number of nitrogens with zero attached hydrogens (tertiary/aromatic N) is 2. The minimum absolute atomic E-state index is 0.00456. The van der Waals surface area contributed by atoms with Crippen LogP contribution in [0.15, 0.2) is 24.3 Å². The summed E-state index contributed by atoms with van der Waals surface area (Å²) in [6.07, 6.45) is -9.72. The Morgan fingerprint density at radius 2 is 1.86 bits per heavy atom. The van der Waals surface area contributed by atoms with Crippen molar-refractivity contribution in [3.8, 4) is 11.6 Å². The molecule has 0 unspecified atom stereocenters. The van der Waals surface area contributed by atoms with E-state index in [1.54, 1.807) is 31.2 Å². The maximum absolute atomic E-state index is 11.6. The SMILES string of the molecule is [2H]C([2H])([2H])C([2H])(n1nc(O[C@@H]2O[C@H](COC(=O)OCC)[C@@H](O)[C@H](O)[C@H]2O)c(Cc2ccc(OC(C)C)cc2)c1C)C([2H])([2H])[2H]. The summed E-state index contributed by atoms with van der Waals surface area (Å²) >= 11 is 0. The number of aromatic nitrogens is 2. The molecule has 0 amide bonds. The topological polar surface area (TPSA) is 142 Å². The molecule has 5 atom stereocenters. The van der Waals surface area contributed by atoms with Crippen LogP contribution in [0, 0.1) is 6.92 Å². The number of aliphatic hydroxyl groups is 3. The van der Waals surface area contributed by atoms with Crippen molar-refractivity contribution in [1.82, 2.24) is 9.78 Å². The van der Waals surface area contributed by atoms with Gasteiger partial charge in [-0.05, 0) is 59.1 Å². The van der Waals surface area contributed by atoms with Gasteiger partial charge >= 0.3 is 6.16 Å². The van der Waals surface area contributed by atoms with Crippen molar-refractivity contribution < 1.29 is 53.4 Å². The standard InChI is InChI=1S/C26H38N2O9/c1-7-33-26(32)34-13-20-21(29)22(30)23(31)25(36-20)37-24-19(16(6)28(27-24)14(2)3)12-17-8-10-18(11-9-17)35-15(4)5/h8-11,14-15,20-23,25,29-31H,7,12-13H2,1-6H3/t20-,21-,22+,23-,25+/m1/s1/i2D3,3D3,14D. The van der Waals surface area contributed by atoms with Crippen LogP contribution in [0.2, 0.25) is 0 Å². The Balaban J connectivity index is 2.05. The number of hydrogen-bond acceptors (Lipinski definition) is 10. The van der Waals surface area contributed by atoms with E-state index in [0.29, 0.717) is 16.0 Å². The van der Waals surface area contributed by atoms with E-state index < -0.39 is 69.1 Å². The lowest BCUT2D eigenvalue weighted by Crippen LogP contribution is -2.60. The Kier molecular flexibility index (Phi) is 6.86. The summed E-state index contributed by atoms with van der Waals surface area (Å²) in [6.45, 7) is -0.684. The van der Waals surface area contributed by atoms with E-state index in [4.69, 9.17) is 28.5 Å². The molecule has 1 aromatic carbocycles. The third kappa shape index (κ3) is 7.13. The summed E-state index contributed by atoms with van der Waals surface area (Å²) < 4.78 is 83.3. The molecular formula is C26H38N2O9. The molecule has 11 nitrogen and oxygen atoms in total. The summed E-state index contributed by atoms with van der Waals surface area (Å²) in [5.74, 6) is 0.192. The predicted molar refractivity (Wildman–Crippen MR) is 133 cm³/mol. The molecule has 1 saturated heterocycles. The molecule has 0 spiro atoms. The van der Waals surface area contributed by atoms with E-state index in [-0.39, 0.29) is 30.4 Å². The first kappa shape index (κ1) is 20.1. The summed E-state index contributed by atoms with van der Waals surface area (Å²) in [6, 6.07) is 3.60. The van der Waals surface area contributed by atoms with Gasteiger partial charge in [0.05, 0.1) is 14.1 Å². The highest BCUT2D eigenvalue weighted by molar-refractivity contribution is 5.59. The highest BCUT2D eigenvalue weighted by Gasteiger charge is 2.46. The summed E-state index contributed by atoms with van der Waals surface area (Å²) in [5, 5.41) is 35.6. The number of carbonyl (C=O) groups is 1. The lowest BCUT2D eigenvalue weighted by atomic mass is 9.99. The third-order valence-electron chi connectivity index (χ3n) is 5.62. The van der Waals surface area contributed by atoms with Crippen molar-refractivity contribution in [3.05, 3.63) is 41.1 Å². The minimum atomic E-state index is -3.38. The van der Waals surface area contributed by atoms with E-state index in [1.165, 1.54) is 6.92 Å². The van der Waals surface area contributed by atoms with Crippen molar-refractivity contribution in [1.29, 1.82) is 0 Å². The fraction of sp³-hybridized carbons (Fsp3) is 0.615. The zero-order chi connectivity index (χ0) is 33.2. The van der Waals surface area contributed by atoms with Crippen LogP contribution in [-0.2, 0) is 20.6 Å². The molecule has 1 fully saturated rings. The fourth-order valence-electron chi connectivity index (χ4n) is 3.76. The van der Waals surface area contributed by atoms with Crippen LogP contribution in [-0.4, -0.2) is 81.3 Å². The van der Waals surface area contributed by atoms with Crippen molar-refractivity contribution in [2.45, 2.75) is 90.6 Å². The van der Waals surface area contributed by atoms with E-state index in [2.05, 4.69) is 9.84 Å². The Labute approximate surface area is 226 Å². The van der Waals surface area contributed by atoms with Crippen LogP contribution in [0.1, 0.15) is 66.9 Å². The molecule has 2 aromatic rings. The van der Waals surface area contributed by atoms with Crippen molar-refractivity contribution in [3.63, 3.8) is 0 Å². The van der Waals surface area contributed by atoms with E-state index in [9.17, 15) is 20.1 Å². The second-order valence-corrected chi connectivity index (χ2v) is 8.74. The zero-order valence-electron chi connectivity index (χ0n) is 28.1. The first-order chi connectivity index (χ1) is 20.3. The van der Waals surface area contributed by atoms with Crippen molar-refractivity contribution in [2.24, 2.45) is 0 Å². The van der Waals surface area contributed by atoms with Crippen LogP contribution in [0.3, 0.4) is 0 Å². The fourth-order valence-corrected chi connectivity index (χ4v) is 3.76. The first-order valence-electron chi connectivity index (χ1n) is 15.3. The molecule has 0 bridgehead atoms. The van der Waals surface area contributed by atoms with Gasteiger partial charge in [-0.15, -0.1) is 5.10 Å². The van der Waals surface area contributed by atoms with Crippen molar-refractivity contribution in [2.75, 3.05) is 13.2 Å². The van der Waals surface area contributed by atoms with Gasteiger partial charge in [0.2, 0.25) is 12.2 Å².